The number of anilines is 2. The lowest BCUT2D eigenvalue weighted by Crippen LogP contribution is -2.34. The summed E-state index contributed by atoms with van der Waals surface area (Å²) in [4.78, 5) is 6.39. The monoisotopic (exact) mass is 487 g/mol. The van der Waals surface area contributed by atoms with E-state index in [1.165, 1.54) is 22.8 Å². The van der Waals surface area contributed by atoms with E-state index in [-0.39, 0.29) is 0 Å². The summed E-state index contributed by atoms with van der Waals surface area (Å²) in [5, 5.41) is 3.16. The van der Waals surface area contributed by atoms with Crippen molar-refractivity contribution >= 4 is 17.1 Å². The smallest absolute Gasteiger partial charge is 0.371 e. The SMILES string of the molecule is FC(F)(F)c1ccc(Nc2cccc(C(=C3CCC(N4C=CC=CC4)CC3)c3ccccc3)c2)nc1. The van der Waals surface area contributed by atoms with Crippen LogP contribution in [-0.2, 0) is 6.18 Å². The number of aromatic nitrogens is 1. The van der Waals surface area contributed by atoms with E-state index in [9.17, 15) is 13.2 Å². The van der Waals surface area contributed by atoms with Crippen molar-refractivity contribution in [2.24, 2.45) is 0 Å². The van der Waals surface area contributed by atoms with E-state index >= 15 is 0 Å². The molecule has 0 spiro atoms. The number of pyridine rings is 1. The van der Waals surface area contributed by atoms with Crippen molar-refractivity contribution in [2.45, 2.75) is 37.9 Å². The zero-order valence-electron chi connectivity index (χ0n) is 19.9. The van der Waals surface area contributed by atoms with Gasteiger partial charge in [0.25, 0.3) is 0 Å². The van der Waals surface area contributed by atoms with Crippen LogP contribution in [0, 0.1) is 0 Å². The summed E-state index contributed by atoms with van der Waals surface area (Å²) >= 11 is 0. The molecular formula is C30H28F3N3. The van der Waals surface area contributed by atoms with Gasteiger partial charge in [-0.2, -0.15) is 13.2 Å². The van der Waals surface area contributed by atoms with Gasteiger partial charge in [-0.3, -0.25) is 0 Å². The van der Waals surface area contributed by atoms with Crippen molar-refractivity contribution < 1.29 is 13.2 Å². The molecule has 1 aliphatic heterocycles. The fraction of sp³-hybridized carbons (Fsp3) is 0.233. The van der Waals surface area contributed by atoms with Crippen LogP contribution in [0.1, 0.15) is 42.4 Å². The molecule has 1 N–H and O–H groups in total. The maximum Gasteiger partial charge on any atom is 0.417 e. The van der Waals surface area contributed by atoms with Crippen molar-refractivity contribution in [1.82, 2.24) is 9.88 Å². The third kappa shape index (κ3) is 5.54. The molecule has 2 aliphatic rings. The second kappa shape index (κ2) is 10.4. The van der Waals surface area contributed by atoms with Gasteiger partial charge in [-0.05, 0) is 78.9 Å². The average Bonchev–Trinajstić information content (AvgIpc) is 2.90. The Labute approximate surface area is 209 Å². The van der Waals surface area contributed by atoms with E-state index in [4.69, 9.17) is 0 Å². The molecule has 1 aliphatic carbocycles. The number of rotatable bonds is 5. The lowest BCUT2D eigenvalue weighted by Gasteiger charge is -2.35. The molecule has 0 saturated heterocycles. The summed E-state index contributed by atoms with van der Waals surface area (Å²) in [6.07, 6.45) is 9.33. The lowest BCUT2D eigenvalue weighted by molar-refractivity contribution is -0.137. The minimum absolute atomic E-state index is 0.373. The van der Waals surface area contributed by atoms with Crippen LogP contribution in [0.4, 0.5) is 24.7 Å². The van der Waals surface area contributed by atoms with Crippen LogP contribution in [0.25, 0.3) is 5.57 Å². The van der Waals surface area contributed by atoms with Gasteiger partial charge < -0.3 is 10.2 Å². The van der Waals surface area contributed by atoms with Crippen LogP contribution < -0.4 is 5.32 Å². The van der Waals surface area contributed by atoms with Gasteiger partial charge in [0.1, 0.15) is 5.82 Å². The normalized spacial score (nSPS) is 17.8. The zero-order valence-corrected chi connectivity index (χ0v) is 19.9. The first kappa shape index (κ1) is 23.9. The molecule has 3 nitrogen and oxygen atoms in total. The summed E-state index contributed by atoms with van der Waals surface area (Å²) in [5.41, 5.74) is 4.98. The molecule has 1 fully saturated rings. The predicted octanol–water partition coefficient (Wildman–Crippen LogP) is 7.97. The number of alkyl halides is 3. The number of benzene rings is 2. The van der Waals surface area contributed by atoms with Gasteiger partial charge in [0.05, 0.1) is 5.56 Å². The van der Waals surface area contributed by atoms with Gasteiger partial charge in [-0.15, -0.1) is 0 Å². The Morgan fingerprint density at radius 1 is 0.889 bits per heavy atom. The van der Waals surface area contributed by atoms with Crippen molar-refractivity contribution in [3.63, 3.8) is 0 Å². The Morgan fingerprint density at radius 3 is 2.33 bits per heavy atom. The highest BCUT2D eigenvalue weighted by Gasteiger charge is 2.30. The second-order valence-electron chi connectivity index (χ2n) is 9.18. The predicted molar refractivity (Wildman–Crippen MR) is 139 cm³/mol. The maximum atomic E-state index is 12.9. The van der Waals surface area contributed by atoms with Crippen LogP contribution in [0.2, 0.25) is 0 Å². The fourth-order valence-corrected chi connectivity index (χ4v) is 5.00. The zero-order chi connectivity index (χ0) is 25.0. The Hall–Kier alpha value is -3.80. The third-order valence-corrected chi connectivity index (χ3v) is 6.80. The molecule has 0 amide bonds. The van der Waals surface area contributed by atoms with E-state index in [2.05, 4.69) is 76.0 Å². The van der Waals surface area contributed by atoms with Crippen LogP contribution in [-0.4, -0.2) is 22.5 Å². The molecule has 5 rings (SSSR count). The highest BCUT2D eigenvalue weighted by molar-refractivity contribution is 5.83. The number of allylic oxidation sites excluding steroid dienone is 3. The van der Waals surface area contributed by atoms with Gasteiger partial charge in [0.15, 0.2) is 0 Å². The van der Waals surface area contributed by atoms with E-state index in [0.717, 1.165) is 55.7 Å². The van der Waals surface area contributed by atoms with Gasteiger partial charge >= 0.3 is 6.18 Å². The first-order valence-electron chi connectivity index (χ1n) is 12.2. The first-order chi connectivity index (χ1) is 17.5. The average molecular weight is 488 g/mol. The Morgan fingerprint density at radius 2 is 1.67 bits per heavy atom. The number of hydrogen-bond acceptors (Lipinski definition) is 3. The van der Waals surface area contributed by atoms with Crippen molar-refractivity contribution in [3.05, 3.63) is 120 Å². The minimum atomic E-state index is -4.40. The topological polar surface area (TPSA) is 28.2 Å². The largest absolute Gasteiger partial charge is 0.417 e. The van der Waals surface area contributed by atoms with Crippen LogP contribution in [0.15, 0.2) is 103 Å². The van der Waals surface area contributed by atoms with Gasteiger partial charge in [0, 0.05) is 24.5 Å². The van der Waals surface area contributed by atoms with Crippen LogP contribution in [0.5, 0.6) is 0 Å². The van der Waals surface area contributed by atoms with Crippen molar-refractivity contribution in [2.75, 3.05) is 11.9 Å². The molecule has 184 valence electrons. The van der Waals surface area contributed by atoms with E-state index in [0.29, 0.717) is 11.9 Å². The summed E-state index contributed by atoms with van der Waals surface area (Å²) in [5.74, 6) is 0.373. The molecule has 36 heavy (non-hydrogen) atoms. The molecule has 6 heteroatoms. The van der Waals surface area contributed by atoms with Crippen LogP contribution >= 0.6 is 0 Å². The van der Waals surface area contributed by atoms with Gasteiger partial charge in [-0.25, -0.2) is 4.98 Å². The number of nitrogens with zero attached hydrogens (tertiary/aromatic N) is 2. The third-order valence-electron chi connectivity index (χ3n) is 6.80. The number of halogens is 3. The lowest BCUT2D eigenvalue weighted by atomic mass is 9.82. The summed E-state index contributed by atoms with van der Waals surface area (Å²) in [6, 6.07) is 21.4. The summed E-state index contributed by atoms with van der Waals surface area (Å²) < 4.78 is 38.6. The first-order valence-corrected chi connectivity index (χ1v) is 12.2. The molecule has 2 aromatic carbocycles. The molecule has 1 saturated carbocycles. The standard InChI is InChI=1S/C30H28F3N3/c31-30(32,33)25-14-17-28(34-21-25)35-26-11-7-10-24(20-26)29(22-8-3-1-4-9-22)23-12-15-27(16-13-23)36-18-5-2-6-19-36/h1-11,14,17-18,20-21,27H,12-13,15-16,19H2,(H,34,35). The molecular weight excluding hydrogens is 459 g/mol. The quantitative estimate of drug-likeness (QED) is 0.396. The maximum absolute atomic E-state index is 12.9. The number of nitrogens with one attached hydrogen (secondary N) is 1. The number of hydrogen-bond donors (Lipinski definition) is 1. The van der Waals surface area contributed by atoms with E-state index in [1.807, 2.05) is 18.2 Å². The van der Waals surface area contributed by atoms with Gasteiger partial charge in [-0.1, -0.05) is 60.2 Å². The van der Waals surface area contributed by atoms with Gasteiger partial charge in [0.2, 0.25) is 0 Å². The molecule has 0 radical (unpaired) electrons. The van der Waals surface area contributed by atoms with Crippen molar-refractivity contribution in [1.29, 1.82) is 0 Å². The summed E-state index contributed by atoms with van der Waals surface area (Å²) in [6.45, 7) is 0.970. The fourth-order valence-electron chi connectivity index (χ4n) is 5.00. The highest BCUT2D eigenvalue weighted by Crippen LogP contribution is 2.37. The Bertz CT molecular complexity index is 1260. The molecule has 0 unspecified atom stereocenters. The molecule has 0 atom stereocenters. The highest BCUT2D eigenvalue weighted by atomic mass is 19.4. The molecule has 1 aromatic heterocycles. The van der Waals surface area contributed by atoms with E-state index < -0.39 is 11.7 Å². The molecule has 3 aromatic rings. The molecule has 0 bridgehead atoms. The second-order valence-corrected chi connectivity index (χ2v) is 9.18. The Kier molecular flexibility index (Phi) is 6.94. The minimum Gasteiger partial charge on any atom is -0.371 e. The Balaban J connectivity index is 1.41. The van der Waals surface area contributed by atoms with Crippen molar-refractivity contribution in [3.8, 4) is 0 Å². The molecule has 2 heterocycles. The van der Waals surface area contributed by atoms with E-state index in [1.54, 1.807) is 0 Å². The van der Waals surface area contributed by atoms with Crippen LogP contribution in [0.3, 0.4) is 0 Å². The summed E-state index contributed by atoms with van der Waals surface area (Å²) in [7, 11) is 0.